The number of piperidine rings is 1. The Labute approximate surface area is 239 Å². The van der Waals surface area contributed by atoms with Gasteiger partial charge in [-0.3, -0.25) is 4.90 Å². The first-order valence-corrected chi connectivity index (χ1v) is 15.1. The van der Waals surface area contributed by atoms with E-state index in [-0.39, 0.29) is 0 Å². The lowest BCUT2D eigenvalue weighted by Crippen LogP contribution is -2.45. The summed E-state index contributed by atoms with van der Waals surface area (Å²) in [6.45, 7) is 9.94. The van der Waals surface area contributed by atoms with Crippen molar-refractivity contribution < 1.29 is 9.47 Å². The maximum Gasteiger partial charge on any atom is 0.227 e. The molecule has 3 aromatic rings. The quantitative estimate of drug-likeness (QED) is 0.302. The van der Waals surface area contributed by atoms with Gasteiger partial charge in [0.15, 0.2) is 11.5 Å². The molecule has 0 bridgehead atoms. The molecular weight excluding hydrogens is 500 g/mol. The maximum atomic E-state index is 6.20. The van der Waals surface area contributed by atoms with Crippen LogP contribution in [0.3, 0.4) is 0 Å². The minimum Gasteiger partial charge on any atom is -0.493 e. The molecule has 0 amide bonds. The van der Waals surface area contributed by atoms with Gasteiger partial charge in [0.2, 0.25) is 5.95 Å². The van der Waals surface area contributed by atoms with Gasteiger partial charge in [-0.2, -0.15) is 4.98 Å². The fourth-order valence-corrected chi connectivity index (χ4v) is 5.64. The van der Waals surface area contributed by atoms with Crippen LogP contribution in [0.25, 0.3) is 10.9 Å². The second-order valence-electron chi connectivity index (χ2n) is 11.3. The minimum absolute atomic E-state index is 0.367. The number of fused-ring (bicyclic) bond motifs is 1. The van der Waals surface area contributed by atoms with Crippen molar-refractivity contribution in [3.8, 4) is 11.5 Å². The molecular formula is C32H46N6O2. The number of likely N-dealkylation sites (tertiary alicyclic amines) is 1. The van der Waals surface area contributed by atoms with Crippen LogP contribution >= 0.6 is 0 Å². The van der Waals surface area contributed by atoms with E-state index in [1.165, 1.54) is 24.8 Å². The predicted octanol–water partition coefficient (Wildman–Crippen LogP) is 5.43. The van der Waals surface area contributed by atoms with E-state index in [0.29, 0.717) is 12.6 Å². The summed E-state index contributed by atoms with van der Waals surface area (Å²) in [6.07, 6.45) is 6.84. The fourth-order valence-electron chi connectivity index (χ4n) is 5.64. The molecule has 0 unspecified atom stereocenters. The van der Waals surface area contributed by atoms with Crippen LogP contribution in [0.4, 0.5) is 11.8 Å². The highest BCUT2D eigenvalue weighted by atomic mass is 16.5. The summed E-state index contributed by atoms with van der Waals surface area (Å²) in [7, 11) is 3.88. The van der Waals surface area contributed by atoms with Gasteiger partial charge in [0.05, 0.1) is 19.2 Å². The van der Waals surface area contributed by atoms with Crippen LogP contribution in [-0.2, 0) is 6.54 Å². The minimum atomic E-state index is 0.367. The number of nitrogens with one attached hydrogen (secondary N) is 1. The van der Waals surface area contributed by atoms with Gasteiger partial charge in [-0.25, -0.2) is 4.98 Å². The van der Waals surface area contributed by atoms with E-state index in [4.69, 9.17) is 19.4 Å². The van der Waals surface area contributed by atoms with Gasteiger partial charge in [-0.1, -0.05) is 56.5 Å². The summed E-state index contributed by atoms with van der Waals surface area (Å²) >= 11 is 0. The molecule has 0 saturated carbocycles. The van der Waals surface area contributed by atoms with Gasteiger partial charge in [-0.05, 0) is 37.9 Å². The van der Waals surface area contributed by atoms with Crippen LogP contribution in [0.2, 0.25) is 0 Å². The van der Waals surface area contributed by atoms with Crippen LogP contribution in [0.15, 0.2) is 42.5 Å². The molecule has 1 N–H and O–H groups in total. The lowest BCUT2D eigenvalue weighted by Gasteiger charge is -2.34. The Morgan fingerprint density at radius 2 is 1.68 bits per heavy atom. The first-order chi connectivity index (χ1) is 19.6. The van der Waals surface area contributed by atoms with Gasteiger partial charge in [0.1, 0.15) is 5.82 Å². The SMILES string of the molecule is CCCCCCOc1cc2nc(N3CCN(C)CC3)nc(NC3CCN(Cc4ccccc4)CC3)c2cc1OC. The van der Waals surface area contributed by atoms with E-state index in [1.54, 1.807) is 7.11 Å². The lowest BCUT2D eigenvalue weighted by molar-refractivity contribution is 0.211. The number of likely N-dealkylation sites (N-methyl/N-ethyl adjacent to an activating group) is 1. The van der Waals surface area contributed by atoms with Gasteiger partial charge in [0.25, 0.3) is 0 Å². The maximum absolute atomic E-state index is 6.20. The Balaban J connectivity index is 1.35. The molecule has 2 saturated heterocycles. The van der Waals surface area contributed by atoms with Gasteiger partial charge in [0, 0.05) is 63.3 Å². The molecule has 3 heterocycles. The number of benzene rings is 2. The molecule has 216 valence electrons. The van der Waals surface area contributed by atoms with Crippen molar-refractivity contribution in [2.75, 3.05) is 70.2 Å². The Bertz CT molecular complexity index is 1210. The molecule has 0 aliphatic carbocycles. The fraction of sp³-hybridized carbons (Fsp3) is 0.562. The number of methoxy groups -OCH3 is 1. The van der Waals surface area contributed by atoms with Crippen LogP contribution < -0.4 is 19.7 Å². The molecule has 2 aromatic carbocycles. The van der Waals surface area contributed by atoms with Gasteiger partial charge >= 0.3 is 0 Å². The first kappa shape index (κ1) is 28.4. The number of nitrogens with zero attached hydrogens (tertiary/aromatic N) is 5. The van der Waals surface area contributed by atoms with Crippen LogP contribution in [0, 0.1) is 0 Å². The van der Waals surface area contributed by atoms with Crippen LogP contribution in [-0.4, -0.2) is 85.8 Å². The highest BCUT2D eigenvalue weighted by Crippen LogP contribution is 2.36. The van der Waals surface area contributed by atoms with E-state index in [1.807, 2.05) is 6.07 Å². The van der Waals surface area contributed by atoms with Crippen molar-refractivity contribution in [3.05, 3.63) is 48.0 Å². The zero-order valence-corrected chi connectivity index (χ0v) is 24.6. The van der Waals surface area contributed by atoms with Crippen molar-refractivity contribution in [1.82, 2.24) is 19.8 Å². The lowest BCUT2D eigenvalue weighted by atomic mass is 10.0. The smallest absolute Gasteiger partial charge is 0.227 e. The van der Waals surface area contributed by atoms with Gasteiger partial charge < -0.3 is 24.6 Å². The summed E-state index contributed by atoms with van der Waals surface area (Å²) in [5.74, 6) is 3.19. The third kappa shape index (κ3) is 7.34. The Kier molecular flexibility index (Phi) is 9.95. The largest absolute Gasteiger partial charge is 0.493 e. The topological polar surface area (TPSA) is 66.0 Å². The van der Waals surface area contributed by atoms with Crippen molar-refractivity contribution in [2.24, 2.45) is 0 Å². The standard InChI is InChI=1S/C32H46N6O2/c1-4-5-6-10-21-40-30-23-28-27(22-29(30)39-3)31(35-32(34-28)38-19-17-36(2)18-20-38)33-26-13-15-37(16-14-26)24-25-11-8-7-9-12-25/h7-9,11-12,22-23,26H,4-6,10,13-21,24H2,1-3H3,(H,33,34,35). The zero-order valence-electron chi connectivity index (χ0n) is 24.6. The van der Waals surface area contributed by atoms with Crippen LogP contribution in [0.1, 0.15) is 51.0 Å². The zero-order chi connectivity index (χ0) is 27.7. The van der Waals surface area contributed by atoms with E-state index in [2.05, 4.69) is 70.4 Å². The van der Waals surface area contributed by atoms with Crippen molar-refractivity contribution >= 4 is 22.7 Å². The third-order valence-corrected chi connectivity index (χ3v) is 8.19. The Morgan fingerprint density at radius 1 is 0.900 bits per heavy atom. The Morgan fingerprint density at radius 3 is 2.40 bits per heavy atom. The van der Waals surface area contributed by atoms with E-state index in [0.717, 1.165) is 99.2 Å². The average Bonchev–Trinajstić information content (AvgIpc) is 2.98. The first-order valence-electron chi connectivity index (χ1n) is 15.1. The molecule has 1 aromatic heterocycles. The molecule has 5 rings (SSSR count). The summed E-state index contributed by atoms with van der Waals surface area (Å²) in [5, 5.41) is 4.81. The molecule has 40 heavy (non-hydrogen) atoms. The van der Waals surface area contributed by atoms with Crippen molar-refractivity contribution in [3.63, 3.8) is 0 Å². The molecule has 0 radical (unpaired) electrons. The monoisotopic (exact) mass is 546 g/mol. The highest BCUT2D eigenvalue weighted by Gasteiger charge is 2.24. The molecule has 8 nitrogen and oxygen atoms in total. The number of hydrogen-bond donors (Lipinski definition) is 1. The number of anilines is 2. The number of unbranched alkanes of at least 4 members (excludes halogenated alkanes) is 3. The van der Waals surface area contributed by atoms with E-state index >= 15 is 0 Å². The second kappa shape index (κ2) is 14.0. The number of ether oxygens (including phenoxy) is 2. The van der Waals surface area contributed by atoms with Crippen LogP contribution in [0.5, 0.6) is 11.5 Å². The number of hydrogen-bond acceptors (Lipinski definition) is 8. The average molecular weight is 547 g/mol. The Hall–Kier alpha value is -3.10. The number of rotatable bonds is 12. The molecule has 2 aliphatic heterocycles. The number of aromatic nitrogens is 2. The van der Waals surface area contributed by atoms with E-state index in [9.17, 15) is 0 Å². The van der Waals surface area contributed by atoms with Crippen molar-refractivity contribution in [2.45, 2.75) is 58.0 Å². The van der Waals surface area contributed by atoms with Gasteiger partial charge in [-0.15, -0.1) is 0 Å². The summed E-state index contributed by atoms with van der Waals surface area (Å²) in [6, 6.07) is 15.2. The predicted molar refractivity (Wildman–Crippen MR) is 164 cm³/mol. The second-order valence-corrected chi connectivity index (χ2v) is 11.3. The molecule has 8 heteroatoms. The van der Waals surface area contributed by atoms with Crippen molar-refractivity contribution in [1.29, 1.82) is 0 Å². The molecule has 2 fully saturated rings. The molecule has 0 atom stereocenters. The highest BCUT2D eigenvalue weighted by molar-refractivity contribution is 5.93. The molecule has 2 aliphatic rings. The summed E-state index contributed by atoms with van der Waals surface area (Å²) < 4.78 is 12.0. The summed E-state index contributed by atoms with van der Waals surface area (Å²) in [5.41, 5.74) is 2.28. The number of piperazine rings is 1. The summed E-state index contributed by atoms with van der Waals surface area (Å²) in [4.78, 5) is 17.4. The third-order valence-electron chi connectivity index (χ3n) is 8.19. The van der Waals surface area contributed by atoms with E-state index < -0.39 is 0 Å². The molecule has 0 spiro atoms. The normalized spacial score (nSPS) is 17.3.